The molecule has 6 heteroatoms. The second kappa shape index (κ2) is 7.03. The van der Waals surface area contributed by atoms with Crippen molar-refractivity contribution in [1.82, 2.24) is 10.6 Å². The van der Waals surface area contributed by atoms with Crippen LogP contribution in [0.15, 0.2) is 42.5 Å². The molecule has 4 rings (SSSR count). The summed E-state index contributed by atoms with van der Waals surface area (Å²) in [5, 5.41) is 5.72. The third-order valence-corrected chi connectivity index (χ3v) is 4.42. The summed E-state index contributed by atoms with van der Waals surface area (Å²) in [6.45, 7) is 1.76. The van der Waals surface area contributed by atoms with Crippen molar-refractivity contribution in [2.45, 2.75) is 25.7 Å². The van der Waals surface area contributed by atoms with Gasteiger partial charge in [-0.2, -0.15) is 0 Å². The van der Waals surface area contributed by atoms with Gasteiger partial charge in [0.2, 0.25) is 6.79 Å². The van der Waals surface area contributed by atoms with Gasteiger partial charge in [-0.15, -0.1) is 0 Å². The van der Waals surface area contributed by atoms with Crippen LogP contribution in [0.5, 0.6) is 11.5 Å². The van der Waals surface area contributed by atoms with Crippen molar-refractivity contribution >= 4 is 6.03 Å². The smallest absolute Gasteiger partial charge is 0.315 e. The average molecular weight is 340 g/mol. The van der Waals surface area contributed by atoms with Crippen LogP contribution in [0.25, 0.3) is 0 Å². The fourth-order valence-electron chi connectivity index (χ4n) is 3.04. The fraction of sp³-hybridized carbons (Fsp3) is 0.316. The molecule has 0 aliphatic carbocycles. The number of nitrogens with one attached hydrogen (secondary N) is 2. The van der Waals surface area contributed by atoms with Gasteiger partial charge in [-0.25, -0.2) is 4.79 Å². The van der Waals surface area contributed by atoms with Gasteiger partial charge in [0.1, 0.15) is 0 Å². The van der Waals surface area contributed by atoms with Gasteiger partial charge in [-0.3, -0.25) is 0 Å². The minimum Gasteiger partial charge on any atom is -0.454 e. The first kappa shape index (κ1) is 15.8. The SMILES string of the molecule is O=C(NCc1ccc2c(c1)OCO2)NCC1Cc2ccccc2CO1. The summed E-state index contributed by atoms with van der Waals surface area (Å²) in [6, 6.07) is 13.7. The summed E-state index contributed by atoms with van der Waals surface area (Å²) < 4.78 is 16.4. The van der Waals surface area contributed by atoms with Crippen LogP contribution in [0.2, 0.25) is 0 Å². The van der Waals surface area contributed by atoms with Gasteiger partial charge in [-0.05, 0) is 28.8 Å². The van der Waals surface area contributed by atoms with Crippen molar-refractivity contribution in [2.75, 3.05) is 13.3 Å². The van der Waals surface area contributed by atoms with E-state index in [-0.39, 0.29) is 18.9 Å². The number of fused-ring (bicyclic) bond motifs is 2. The standard InChI is InChI=1S/C19H20N2O4/c22-19(20-9-13-5-6-17-18(7-13)25-12-24-17)21-10-16-8-14-3-1-2-4-15(14)11-23-16/h1-7,16H,8-12H2,(H2,20,21,22). The highest BCUT2D eigenvalue weighted by molar-refractivity contribution is 5.73. The molecule has 0 bridgehead atoms. The summed E-state index contributed by atoms with van der Waals surface area (Å²) in [5.74, 6) is 1.46. The Morgan fingerprint density at radius 1 is 1.04 bits per heavy atom. The first-order valence-corrected chi connectivity index (χ1v) is 8.36. The molecule has 0 spiro atoms. The van der Waals surface area contributed by atoms with E-state index < -0.39 is 0 Å². The van der Waals surface area contributed by atoms with E-state index in [1.54, 1.807) is 0 Å². The molecule has 2 amide bonds. The molecule has 2 aliphatic rings. The molecule has 2 aliphatic heterocycles. The van der Waals surface area contributed by atoms with Crippen LogP contribution in [0.1, 0.15) is 16.7 Å². The number of carbonyl (C=O) groups excluding carboxylic acids is 1. The number of benzene rings is 2. The summed E-state index contributed by atoms with van der Waals surface area (Å²) in [6.07, 6.45) is 0.824. The molecule has 6 nitrogen and oxygen atoms in total. The van der Waals surface area contributed by atoms with E-state index in [1.165, 1.54) is 11.1 Å². The van der Waals surface area contributed by atoms with E-state index in [2.05, 4.69) is 22.8 Å². The van der Waals surface area contributed by atoms with E-state index in [1.807, 2.05) is 30.3 Å². The zero-order chi connectivity index (χ0) is 17.1. The topological polar surface area (TPSA) is 68.8 Å². The second-order valence-corrected chi connectivity index (χ2v) is 6.16. The molecule has 0 saturated carbocycles. The maximum absolute atomic E-state index is 12.0. The summed E-state index contributed by atoms with van der Waals surface area (Å²) >= 11 is 0. The lowest BCUT2D eigenvalue weighted by Gasteiger charge is -2.25. The molecule has 2 aromatic rings. The Hall–Kier alpha value is -2.73. The molecule has 2 N–H and O–H groups in total. The number of hydrogen-bond donors (Lipinski definition) is 2. The number of ether oxygens (including phenoxy) is 3. The van der Waals surface area contributed by atoms with Crippen molar-refractivity contribution in [3.8, 4) is 11.5 Å². The van der Waals surface area contributed by atoms with Crippen molar-refractivity contribution in [3.05, 3.63) is 59.2 Å². The molecular formula is C19H20N2O4. The number of amides is 2. The number of urea groups is 1. The first-order chi connectivity index (χ1) is 12.3. The van der Waals surface area contributed by atoms with Gasteiger partial charge in [0.05, 0.1) is 12.7 Å². The van der Waals surface area contributed by atoms with Gasteiger partial charge < -0.3 is 24.8 Å². The van der Waals surface area contributed by atoms with Crippen LogP contribution in [-0.2, 0) is 24.3 Å². The van der Waals surface area contributed by atoms with E-state index in [0.717, 1.165) is 17.7 Å². The van der Waals surface area contributed by atoms with Gasteiger partial charge in [0.25, 0.3) is 0 Å². The number of hydrogen-bond acceptors (Lipinski definition) is 4. The zero-order valence-corrected chi connectivity index (χ0v) is 13.8. The Morgan fingerprint density at radius 3 is 2.80 bits per heavy atom. The average Bonchev–Trinajstić information content (AvgIpc) is 3.12. The monoisotopic (exact) mass is 340 g/mol. The van der Waals surface area contributed by atoms with Crippen molar-refractivity contribution in [1.29, 1.82) is 0 Å². The van der Waals surface area contributed by atoms with Crippen molar-refractivity contribution in [2.24, 2.45) is 0 Å². The summed E-state index contributed by atoms with van der Waals surface area (Å²) in [7, 11) is 0. The predicted octanol–water partition coefficient (Wildman–Crippen LogP) is 2.36. The zero-order valence-electron chi connectivity index (χ0n) is 13.8. The third kappa shape index (κ3) is 3.69. The Bertz CT molecular complexity index is 778. The molecule has 130 valence electrons. The van der Waals surface area contributed by atoms with Gasteiger partial charge in [0, 0.05) is 19.5 Å². The predicted molar refractivity (Wildman–Crippen MR) is 91.5 cm³/mol. The second-order valence-electron chi connectivity index (χ2n) is 6.16. The normalized spacial score (nSPS) is 17.7. The van der Waals surface area contributed by atoms with Gasteiger partial charge in [0.15, 0.2) is 11.5 Å². The molecule has 0 radical (unpaired) electrons. The minimum absolute atomic E-state index is 0.00573. The maximum atomic E-state index is 12.0. The van der Waals surface area contributed by atoms with Gasteiger partial charge >= 0.3 is 6.03 Å². The van der Waals surface area contributed by atoms with Crippen molar-refractivity contribution < 1.29 is 19.0 Å². The molecule has 2 heterocycles. The lowest BCUT2D eigenvalue weighted by molar-refractivity contribution is 0.0305. The fourth-order valence-corrected chi connectivity index (χ4v) is 3.04. The first-order valence-electron chi connectivity index (χ1n) is 8.36. The molecule has 1 atom stereocenters. The van der Waals surface area contributed by atoms with Crippen LogP contribution in [0, 0.1) is 0 Å². The van der Waals surface area contributed by atoms with Crippen LogP contribution >= 0.6 is 0 Å². The molecule has 1 unspecified atom stereocenters. The van der Waals surface area contributed by atoms with E-state index >= 15 is 0 Å². The highest BCUT2D eigenvalue weighted by atomic mass is 16.7. The lowest BCUT2D eigenvalue weighted by Crippen LogP contribution is -2.41. The third-order valence-electron chi connectivity index (χ3n) is 4.42. The Balaban J connectivity index is 1.23. The Morgan fingerprint density at radius 2 is 1.88 bits per heavy atom. The Kier molecular flexibility index (Phi) is 4.43. The molecular weight excluding hydrogens is 320 g/mol. The molecule has 0 fully saturated rings. The summed E-state index contributed by atoms with van der Waals surface area (Å²) in [4.78, 5) is 12.0. The van der Waals surface area contributed by atoms with Crippen LogP contribution in [-0.4, -0.2) is 25.5 Å². The molecule has 25 heavy (non-hydrogen) atoms. The highest BCUT2D eigenvalue weighted by Crippen LogP contribution is 2.32. The van der Waals surface area contributed by atoms with E-state index in [4.69, 9.17) is 14.2 Å². The maximum Gasteiger partial charge on any atom is 0.315 e. The summed E-state index contributed by atoms with van der Waals surface area (Å²) in [5.41, 5.74) is 3.48. The van der Waals surface area contributed by atoms with Gasteiger partial charge in [-0.1, -0.05) is 30.3 Å². The highest BCUT2D eigenvalue weighted by Gasteiger charge is 2.19. The van der Waals surface area contributed by atoms with Crippen LogP contribution in [0.4, 0.5) is 4.79 Å². The van der Waals surface area contributed by atoms with E-state index in [0.29, 0.717) is 25.4 Å². The molecule has 0 saturated heterocycles. The quantitative estimate of drug-likeness (QED) is 0.896. The number of rotatable bonds is 4. The molecule has 0 aromatic heterocycles. The molecule has 2 aromatic carbocycles. The Labute approximate surface area is 146 Å². The minimum atomic E-state index is -0.208. The lowest BCUT2D eigenvalue weighted by atomic mass is 9.99. The largest absolute Gasteiger partial charge is 0.454 e. The number of carbonyl (C=O) groups is 1. The van der Waals surface area contributed by atoms with Crippen LogP contribution < -0.4 is 20.1 Å². The van der Waals surface area contributed by atoms with E-state index in [9.17, 15) is 4.79 Å². The van der Waals surface area contributed by atoms with Crippen LogP contribution in [0.3, 0.4) is 0 Å². The van der Waals surface area contributed by atoms with Crippen molar-refractivity contribution in [3.63, 3.8) is 0 Å².